The molecule has 0 saturated carbocycles. The number of amides is 2. The molecule has 37 heavy (non-hydrogen) atoms. The first-order valence-electron chi connectivity index (χ1n) is 11.8. The minimum absolute atomic E-state index is 0.160. The summed E-state index contributed by atoms with van der Waals surface area (Å²) in [5.74, 6) is -0.796. The smallest absolute Gasteiger partial charge is 0.244 e. The lowest BCUT2D eigenvalue weighted by atomic mass is 10.0. The molecule has 1 atom stereocenters. The Morgan fingerprint density at radius 3 is 2.19 bits per heavy atom. The van der Waals surface area contributed by atoms with E-state index in [1.807, 2.05) is 68.4 Å². The van der Waals surface area contributed by atoms with Gasteiger partial charge in [0.05, 0.1) is 11.9 Å². The predicted molar refractivity (Wildman–Crippen MR) is 151 cm³/mol. The number of carbonyl (C=O) groups excluding carboxylic acids is 2. The van der Waals surface area contributed by atoms with Crippen molar-refractivity contribution < 1.29 is 18.0 Å². The summed E-state index contributed by atoms with van der Waals surface area (Å²) in [6.07, 6.45) is 1.36. The standard InChI is InChI=1S/C28H32BrN3O4S/c1-20-10-8-9-13-23(20)18-31(26(28(34)30-3)17-22-11-6-5-7-12-22)27(33)19-32(37(4,35)36)24-14-15-25(29)21(2)16-24/h5-16,26H,17-19H2,1-4H3,(H,30,34)/t26-/m1/s1. The van der Waals surface area contributed by atoms with Crippen LogP contribution in [0.1, 0.15) is 22.3 Å². The molecule has 9 heteroatoms. The number of anilines is 1. The van der Waals surface area contributed by atoms with Gasteiger partial charge in [-0.1, -0.05) is 70.5 Å². The number of nitrogens with zero attached hydrogens (tertiary/aromatic N) is 2. The maximum Gasteiger partial charge on any atom is 0.244 e. The van der Waals surface area contributed by atoms with Crippen molar-refractivity contribution in [2.45, 2.75) is 32.9 Å². The number of halogens is 1. The third-order valence-electron chi connectivity index (χ3n) is 6.23. The molecule has 0 heterocycles. The van der Waals surface area contributed by atoms with Crippen LogP contribution in [0.25, 0.3) is 0 Å². The van der Waals surface area contributed by atoms with Gasteiger partial charge in [-0.15, -0.1) is 0 Å². The summed E-state index contributed by atoms with van der Waals surface area (Å²) in [5, 5.41) is 2.68. The highest BCUT2D eigenvalue weighted by molar-refractivity contribution is 9.10. The summed E-state index contributed by atoms with van der Waals surface area (Å²) in [6, 6.07) is 21.4. The number of aryl methyl sites for hydroxylation is 2. The van der Waals surface area contributed by atoms with Crippen LogP contribution >= 0.6 is 15.9 Å². The third-order valence-corrected chi connectivity index (χ3v) is 8.26. The summed E-state index contributed by atoms with van der Waals surface area (Å²) in [5.41, 5.74) is 3.96. The van der Waals surface area contributed by atoms with Crippen molar-refractivity contribution >= 4 is 43.5 Å². The van der Waals surface area contributed by atoms with Gasteiger partial charge in [-0.25, -0.2) is 8.42 Å². The Hall–Kier alpha value is -3.17. The van der Waals surface area contributed by atoms with Crippen molar-refractivity contribution in [3.05, 3.63) is 99.5 Å². The second-order valence-corrected chi connectivity index (χ2v) is 11.7. The van der Waals surface area contributed by atoms with Gasteiger partial charge in [0.15, 0.2) is 0 Å². The summed E-state index contributed by atoms with van der Waals surface area (Å²) < 4.78 is 27.5. The Kier molecular flexibility index (Phi) is 9.50. The topological polar surface area (TPSA) is 86.8 Å². The fraction of sp³-hybridized carbons (Fsp3) is 0.286. The van der Waals surface area contributed by atoms with Crippen LogP contribution in [0.2, 0.25) is 0 Å². The monoisotopic (exact) mass is 585 g/mol. The Morgan fingerprint density at radius 1 is 0.946 bits per heavy atom. The Morgan fingerprint density at radius 2 is 1.59 bits per heavy atom. The minimum atomic E-state index is -3.80. The molecule has 3 aromatic carbocycles. The van der Waals surface area contributed by atoms with E-state index in [-0.39, 0.29) is 18.9 Å². The Bertz CT molecular complexity index is 1360. The molecule has 2 amide bonds. The van der Waals surface area contributed by atoms with Crippen LogP contribution in [-0.2, 0) is 32.6 Å². The van der Waals surface area contributed by atoms with E-state index < -0.39 is 28.5 Å². The van der Waals surface area contributed by atoms with Crippen LogP contribution in [0.3, 0.4) is 0 Å². The molecule has 7 nitrogen and oxygen atoms in total. The van der Waals surface area contributed by atoms with Crippen LogP contribution in [0, 0.1) is 13.8 Å². The fourth-order valence-electron chi connectivity index (χ4n) is 4.09. The van der Waals surface area contributed by atoms with E-state index in [4.69, 9.17) is 0 Å². The fourth-order valence-corrected chi connectivity index (χ4v) is 5.18. The zero-order valence-electron chi connectivity index (χ0n) is 21.4. The average Bonchev–Trinajstić information content (AvgIpc) is 2.86. The van der Waals surface area contributed by atoms with Gasteiger partial charge in [0.2, 0.25) is 21.8 Å². The van der Waals surface area contributed by atoms with Crippen LogP contribution in [0.4, 0.5) is 5.69 Å². The molecule has 0 radical (unpaired) electrons. The largest absolute Gasteiger partial charge is 0.357 e. The van der Waals surface area contributed by atoms with E-state index >= 15 is 0 Å². The molecule has 0 unspecified atom stereocenters. The van der Waals surface area contributed by atoms with Crippen molar-refractivity contribution in [1.82, 2.24) is 10.2 Å². The second kappa shape index (κ2) is 12.4. The normalized spacial score (nSPS) is 12.0. The van der Waals surface area contributed by atoms with Crippen molar-refractivity contribution in [2.75, 3.05) is 24.2 Å². The Balaban J connectivity index is 2.05. The summed E-state index contributed by atoms with van der Waals surface area (Å²) in [6.45, 7) is 3.51. The van der Waals surface area contributed by atoms with E-state index in [1.54, 1.807) is 18.2 Å². The molecule has 0 saturated heterocycles. The summed E-state index contributed by atoms with van der Waals surface area (Å²) in [7, 11) is -2.27. The first-order chi connectivity index (χ1) is 17.5. The van der Waals surface area contributed by atoms with E-state index in [2.05, 4.69) is 21.2 Å². The molecule has 0 bridgehead atoms. The minimum Gasteiger partial charge on any atom is -0.357 e. The quantitative estimate of drug-likeness (QED) is 0.386. The van der Waals surface area contributed by atoms with Gasteiger partial charge in [0, 0.05) is 24.5 Å². The average molecular weight is 587 g/mol. The van der Waals surface area contributed by atoms with Gasteiger partial charge >= 0.3 is 0 Å². The predicted octanol–water partition coefficient (Wildman–Crippen LogP) is 4.22. The van der Waals surface area contributed by atoms with Gasteiger partial charge in [-0.2, -0.15) is 0 Å². The SMILES string of the molecule is CNC(=O)[C@@H](Cc1ccccc1)N(Cc1ccccc1C)C(=O)CN(c1ccc(Br)c(C)c1)S(C)(=O)=O. The maximum absolute atomic E-state index is 13.9. The molecule has 0 aliphatic heterocycles. The van der Waals surface area contributed by atoms with E-state index in [1.165, 1.54) is 11.9 Å². The number of hydrogen-bond donors (Lipinski definition) is 1. The first-order valence-corrected chi connectivity index (χ1v) is 14.5. The van der Waals surface area contributed by atoms with Crippen LogP contribution < -0.4 is 9.62 Å². The zero-order chi connectivity index (χ0) is 27.2. The van der Waals surface area contributed by atoms with Gasteiger partial charge < -0.3 is 10.2 Å². The first kappa shape index (κ1) is 28.4. The van der Waals surface area contributed by atoms with Gasteiger partial charge in [-0.05, 0) is 54.3 Å². The number of sulfonamides is 1. The molecule has 196 valence electrons. The van der Waals surface area contributed by atoms with Gasteiger partial charge in [-0.3, -0.25) is 13.9 Å². The Labute approximate surface area is 227 Å². The summed E-state index contributed by atoms with van der Waals surface area (Å²) >= 11 is 3.43. The highest BCUT2D eigenvalue weighted by atomic mass is 79.9. The van der Waals surface area contributed by atoms with Crippen LogP contribution in [0.5, 0.6) is 0 Å². The molecule has 3 rings (SSSR count). The van der Waals surface area contributed by atoms with Crippen LogP contribution in [-0.4, -0.2) is 51.0 Å². The van der Waals surface area contributed by atoms with E-state index in [9.17, 15) is 18.0 Å². The number of carbonyl (C=O) groups is 2. The molecule has 0 aromatic heterocycles. The van der Waals surface area contributed by atoms with Crippen molar-refractivity contribution in [3.8, 4) is 0 Å². The van der Waals surface area contributed by atoms with Crippen molar-refractivity contribution in [3.63, 3.8) is 0 Å². The number of hydrogen-bond acceptors (Lipinski definition) is 4. The zero-order valence-corrected chi connectivity index (χ0v) is 23.8. The lowest BCUT2D eigenvalue weighted by molar-refractivity contribution is -0.139. The molecular formula is C28H32BrN3O4S. The van der Waals surface area contributed by atoms with Gasteiger partial charge in [0.25, 0.3) is 0 Å². The number of likely N-dealkylation sites (N-methyl/N-ethyl adjacent to an activating group) is 1. The van der Waals surface area contributed by atoms with Crippen molar-refractivity contribution in [1.29, 1.82) is 0 Å². The lowest BCUT2D eigenvalue weighted by Crippen LogP contribution is -2.53. The number of nitrogens with one attached hydrogen (secondary N) is 1. The maximum atomic E-state index is 13.9. The highest BCUT2D eigenvalue weighted by Gasteiger charge is 2.32. The second-order valence-electron chi connectivity index (χ2n) is 8.97. The number of benzene rings is 3. The number of rotatable bonds is 10. The molecule has 0 aliphatic carbocycles. The molecular weight excluding hydrogens is 554 g/mol. The third kappa shape index (κ3) is 7.42. The van der Waals surface area contributed by atoms with Crippen molar-refractivity contribution in [2.24, 2.45) is 0 Å². The summed E-state index contributed by atoms with van der Waals surface area (Å²) in [4.78, 5) is 28.5. The molecule has 0 fully saturated rings. The highest BCUT2D eigenvalue weighted by Crippen LogP contribution is 2.25. The van der Waals surface area contributed by atoms with E-state index in [0.29, 0.717) is 5.69 Å². The van der Waals surface area contributed by atoms with Gasteiger partial charge in [0.1, 0.15) is 12.6 Å². The lowest BCUT2D eigenvalue weighted by Gasteiger charge is -2.33. The van der Waals surface area contributed by atoms with E-state index in [0.717, 1.165) is 37.3 Å². The molecule has 0 aliphatic rings. The molecule has 1 N–H and O–H groups in total. The molecule has 3 aromatic rings. The molecule has 0 spiro atoms. The van der Waals surface area contributed by atoms with Crippen LogP contribution in [0.15, 0.2) is 77.3 Å².